The lowest BCUT2D eigenvalue weighted by molar-refractivity contribution is -0.0566. The minimum absolute atomic E-state index is 0.139. The molecule has 0 aromatic heterocycles. The van der Waals surface area contributed by atoms with Gasteiger partial charge in [-0.15, -0.1) is 0 Å². The van der Waals surface area contributed by atoms with Crippen LogP contribution in [-0.2, 0) is 15.9 Å². The number of hydrogen-bond donors (Lipinski definition) is 1. The molecular weight excluding hydrogens is 218 g/mol. The molecule has 17 heavy (non-hydrogen) atoms. The van der Waals surface area contributed by atoms with Gasteiger partial charge in [-0.05, 0) is 24.6 Å². The molecular formula is C13H19NO3. The Balaban J connectivity index is 1.93. The maximum absolute atomic E-state index is 5.75. The van der Waals surface area contributed by atoms with Crippen molar-refractivity contribution in [3.63, 3.8) is 0 Å². The number of para-hydroxylation sites is 1. The van der Waals surface area contributed by atoms with Crippen LogP contribution in [0.5, 0.6) is 5.75 Å². The summed E-state index contributed by atoms with van der Waals surface area (Å²) in [6.45, 7) is 1.27. The fourth-order valence-corrected chi connectivity index (χ4v) is 2.00. The van der Waals surface area contributed by atoms with Gasteiger partial charge in [-0.1, -0.05) is 18.2 Å². The fraction of sp³-hybridized carbons (Fsp3) is 0.538. The third-order valence-electron chi connectivity index (χ3n) is 2.88. The van der Waals surface area contributed by atoms with Crippen molar-refractivity contribution in [3.8, 4) is 5.75 Å². The van der Waals surface area contributed by atoms with Gasteiger partial charge in [0.05, 0.1) is 19.8 Å². The second kappa shape index (κ2) is 6.00. The molecule has 1 heterocycles. The minimum atomic E-state index is -0.178. The highest BCUT2D eigenvalue weighted by Crippen LogP contribution is 2.23. The van der Waals surface area contributed by atoms with Gasteiger partial charge in [0, 0.05) is 6.42 Å². The Hall–Kier alpha value is -1.10. The Bertz CT molecular complexity index is 356. The van der Waals surface area contributed by atoms with Crippen LogP contribution in [0.3, 0.4) is 0 Å². The maximum atomic E-state index is 5.75. The molecule has 0 spiro atoms. The van der Waals surface area contributed by atoms with Crippen molar-refractivity contribution in [2.45, 2.75) is 25.2 Å². The molecule has 0 bridgehead atoms. The monoisotopic (exact) mass is 237 g/mol. The topological polar surface area (TPSA) is 53.7 Å². The first-order valence-corrected chi connectivity index (χ1v) is 5.92. The van der Waals surface area contributed by atoms with Crippen LogP contribution in [0.15, 0.2) is 24.3 Å². The van der Waals surface area contributed by atoms with E-state index < -0.39 is 0 Å². The van der Waals surface area contributed by atoms with Crippen LogP contribution < -0.4 is 10.5 Å². The number of ether oxygens (including phenoxy) is 3. The van der Waals surface area contributed by atoms with E-state index in [0.717, 1.165) is 17.7 Å². The average molecular weight is 237 g/mol. The molecule has 1 aromatic rings. The van der Waals surface area contributed by atoms with Crippen molar-refractivity contribution in [1.29, 1.82) is 0 Å². The van der Waals surface area contributed by atoms with E-state index in [-0.39, 0.29) is 12.4 Å². The van der Waals surface area contributed by atoms with Crippen molar-refractivity contribution in [3.05, 3.63) is 29.8 Å². The summed E-state index contributed by atoms with van der Waals surface area (Å²) in [5.74, 6) is 0.877. The summed E-state index contributed by atoms with van der Waals surface area (Å²) in [5.41, 5.74) is 6.60. The summed E-state index contributed by atoms with van der Waals surface area (Å²) in [6, 6.07) is 7.92. The highest BCUT2D eigenvalue weighted by atomic mass is 16.7. The molecule has 1 aliphatic rings. The molecule has 2 atom stereocenters. The van der Waals surface area contributed by atoms with E-state index in [9.17, 15) is 0 Å². The molecule has 1 aromatic carbocycles. The zero-order valence-corrected chi connectivity index (χ0v) is 10.1. The van der Waals surface area contributed by atoms with E-state index >= 15 is 0 Å². The third-order valence-corrected chi connectivity index (χ3v) is 2.88. The van der Waals surface area contributed by atoms with E-state index in [1.807, 2.05) is 24.3 Å². The molecule has 0 aliphatic carbocycles. The van der Waals surface area contributed by atoms with E-state index in [2.05, 4.69) is 0 Å². The Morgan fingerprint density at radius 2 is 2.24 bits per heavy atom. The molecule has 4 heteroatoms. The predicted molar refractivity (Wildman–Crippen MR) is 65.0 cm³/mol. The number of rotatable bonds is 5. The van der Waals surface area contributed by atoms with Gasteiger partial charge in [0.25, 0.3) is 0 Å². The molecule has 0 amide bonds. The molecule has 2 rings (SSSR count). The molecule has 2 N–H and O–H groups in total. The molecule has 0 saturated carbocycles. The minimum Gasteiger partial charge on any atom is -0.496 e. The summed E-state index contributed by atoms with van der Waals surface area (Å²) in [7, 11) is 1.67. The molecule has 1 aliphatic heterocycles. The maximum Gasteiger partial charge on any atom is 0.162 e. The molecule has 1 fully saturated rings. The second-order valence-corrected chi connectivity index (χ2v) is 4.11. The van der Waals surface area contributed by atoms with Gasteiger partial charge >= 0.3 is 0 Å². The van der Waals surface area contributed by atoms with Crippen molar-refractivity contribution in [1.82, 2.24) is 0 Å². The zero-order chi connectivity index (χ0) is 12.1. The third kappa shape index (κ3) is 3.19. The van der Waals surface area contributed by atoms with Gasteiger partial charge in [0.15, 0.2) is 6.29 Å². The van der Waals surface area contributed by atoms with Gasteiger partial charge in [0.2, 0.25) is 0 Å². The number of benzene rings is 1. The van der Waals surface area contributed by atoms with Gasteiger partial charge in [-0.25, -0.2) is 0 Å². The van der Waals surface area contributed by atoms with Crippen molar-refractivity contribution in [2.24, 2.45) is 5.73 Å². The molecule has 94 valence electrons. The van der Waals surface area contributed by atoms with Crippen LogP contribution in [0.2, 0.25) is 0 Å². The predicted octanol–water partition coefficient (Wildman–Crippen LogP) is 1.33. The first-order chi connectivity index (χ1) is 8.33. The molecule has 1 saturated heterocycles. The highest BCUT2D eigenvalue weighted by molar-refractivity contribution is 5.33. The van der Waals surface area contributed by atoms with Gasteiger partial charge in [-0.3, -0.25) is 0 Å². The zero-order valence-electron chi connectivity index (χ0n) is 10.1. The average Bonchev–Trinajstić information content (AvgIpc) is 2.78. The second-order valence-electron chi connectivity index (χ2n) is 4.11. The van der Waals surface area contributed by atoms with Crippen LogP contribution >= 0.6 is 0 Å². The smallest absolute Gasteiger partial charge is 0.162 e. The Labute approximate surface area is 102 Å². The fourth-order valence-electron chi connectivity index (χ4n) is 2.00. The van der Waals surface area contributed by atoms with Crippen LogP contribution in [0.1, 0.15) is 12.0 Å². The van der Waals surface area contributed by atoms with E-state index in [4.69, 9.17) is 19.9 Å². The lowest BCUT2D eigenvalue weighted by Crippen LogP contribution is -2.18. The van der Waals surface area contributed by atoms with E-state index in [0.29, 0.717) is 19.6 Å². The van der Waals surface area contributed by atoms with Gasteiger partial charge < -0.3 is 19.9 Å². The first-order valence-electron chi connectivity index (χ1n) is 5.92. The van der Waals surface area contributed by atoms with Crippen LogP contribution in [0.25, 0.3) is 0 Å². The summed E-state index contributed by atoms with van der Waals surface area (Å²) in [6.07, 6.45) is 1.52. The van der Waals surface area contributed by atoms with E-state index in [1.165, 1.54) is 0 Å². The Morgan fingerprint density at radius 3 is 3.00 bits per heavy atom. The summed E-state index contributed by atoms with van der Waals surface area (Å²) in [4.78, 5) is 0. The van der Waals surface area contributed by atoms with Crippen molar-refractivity contribution in [2.75, 3.05) is 20.3 Å². The van der Waals surface area contributed by atoms with Crippen molar-refractivity contribution < 1.29 is 14.2 Å². The molecule has 4 nitrogen and oxygen atoms in total. The normalized spacial score (nSPS) is 23.9. The summed E-state index contributed by atoms with van der Waals surface area (Å²) < 4.78 is 16.6. The summed E-state index contributed by atoms with van der Waals surface area (Å²) >= 11 is 0. The SMILES string of the molecule is COc1ccccc1CC1OCC(CCN)O1. The summed E-state index contributed by atoms with van der Waals surface area (Å²) in [5, 5.41) is 0. The Kier molecular flexibility index (Phi) is 4.36. The standard InChI is InChI=1S/C13H19NO3/c1-15-12-5-3-2-4-10(12)8-13-16-9-11(17-13)6-7-14/h2-5,11,13H,6-9,14H2,1H3. The molecule has 2 unspecified atom stereocenters. The van der Waals surface area contributed by atoms with E-state index in [1.54, 1.807) is 7.11 Å². The van der Waals surface area contributed by atoms with Crippen molar-refractivity contribution >= 4 is 0 Å². The van der Waals surface area contributed by atoms with Gasteiger partial charge in [0.1, 0.15) is 5.75 Å². The number of methoxy groups -OCH3 is 1. The number of hydrogen-bond acceptors (Lipinski definition) is 4. The van der Waals surface area contributed by atoms with Crippen LogP contribution in [0.4, 0.5) is 0 Å². The van der Waals surface area contributed by atoms with Crippen LogP contribution in [-0.4, -0.2) is 32.7 Å². The quantitative estimate of drug-likeness (QED) is 0.839. The Morgan fingerprint density at radius 1 is 1.41 bits per heavy atom. The van der Waals surface area contributed by atoms with Crippen LogP contribution in [0, 0.1) is 0 Å². The first kappa shape index (κ1) is 12.4. The lowest BCUT2D eigenvalue weighted by Gasteiger charge is -2.13. The molecule has 0 radical (unpaired) electrons. The van der Waals surface area contributed by atoms with Gasteiger partial charge in [-0.2, -0.15) is 0 Å². The number of nitrogens with two attached hydrogens (primary N) is 1. The lowest BCUT2D eigenvalue weighted by atomic mass is 10.1. The highest BCUT2D eigenvalue weighted by Gasteiger charge is 2.26. The largest absolute Gasteiger partial charge is 0.496 e.